The predicted molar refractivity (Wildman–Crippen MR) is 49.0 cm³/mol. The van der Waals surface area contributed by atoms with Crippen molar-refractivity contribution in [1.82, 2.24) is 0 Å². The van der Waals surface area contributed by atoms with Crippen molar-refractivity contribution < 1.29 is 4.39 Å². The van der Waals surface area contributed by atoms with Crippen molar-refractivity contribution in [2.24, 2.45) is 5.73 Å². The SMILES string of the molecule is Cl.N[C@@H]1Cc2ccc(F)cc2C1. The molecule has 1 nitrogen and oxygen atoms in total. The Labute approximate surface area is 77.2 Å². The van der Waals surface area contributed by atoms with E-state index in [0.29, 0.717) is 0 Å². The highest BCUT2D eigenvalue weighted by Gasteiger charge is 2.17. The lowest BCUT2D eigenvalue weighted by atomic mass is 10.1. The van der Waals surface area contributed by atoms with E-state index in [1.54, 1.807) is 6.07 Å². The zero-order valence-corrected chi connectivity index (χ0v) is 7.40. The maximum atomic E-state index is 12.6. The van der Waals surface area contributed by atoms with E-state index in [0.717, 1.165) is 18.4 Å². The van der Waals surface area contributed by atoms with Crippen LogP contribution < -0.4 is 5.73 Å². The average Bonchev–Trinajstić information content (AvgIpc) is 2.27. The molecule has 0 saturated carbocycles. The van der Waals surface area contributed by atoms with E-state index in [1.165, 1.54) is 11.6 Å². The van der Waals surface area contributed by atoms with Crippen molar-refractivity contribution in [3.05, 3.63) is 35.1 Å². The van der Waals surface area contributed by atoms with Crippen LogP contribution in [0.1, 0.15) is 11.1 Å². The van der Waals surface area contributed by atoms with Gasteiger partial charge in [-0.3, -0.25) is 0 Å². The van der Waals surface area contributed by atoms with E-state index in [4.69, 9.17) is 5.73 Å². The number of hydrogen-bond donors (Lipinski definition) is 1. The molecule has 2 N–H and O–H groups in total. The normalized spacial score (nSPS) is 20.0. The monoisotopic (exact) mass is 187 g/mol. The highest BCUT2D eigenvalue weighted by atomic mass is 35.5. The second kappa shape index (κ2) is 3.42. The van der Waals surface area contributed by atoms with E-state index >= 15 is 0 Å². The van der Waals surface area contributed by atoms with Crippen LogP contribution in [0.5, 0.6) is 0 Å². The third kappa shape index (κ3) is 1.59. The molecule has 66 valence electrons. The maximum Gasteiger partial charge on any atom is 0.123 e. The average molecular weight is 188 g/mol. The number of benzene rings is 1. The first-order valence-corrected chi connectivity index (χ1v) is 3.78. The van der Waals surface area contributed by atoms with Crippen LogP contribution in [0, 0.1) is 5.82 Å². The molecule has 0 unspecified atom stereocenters. The first-order valence-electron chi connectivity index (χ1n) is 3.78. The van der Waals surface area contributed by atoms with Crippen LogP contribution >= 0.6 is 12.4 Å². The molecule has 1 aromatic rings. The Kier molecular flexibility index (Phi) is 2.70. The van der Waals surface area contributed by atoms with E-state index in [9.17, 15) is 4.39 Å². The summed E-state index contributed by atoms with van der Waals surface area (Å²) >= 11 is 0. The molecule has 0 radical (unpaired) electrons. The van der Waals surface area contributed by atoms with Gasteiger partial charge in [0.2, 0.25) is 0 Å². The fraction of sp³-hybridized carbons (Fsp3) is 0.333. The highest BCUT2D eigenvalue weighted by Crippen LogP contribution is 2.21. The lowest BCUT2D eigenvalue weighted by Crippen LogP contribution is -2.18. The summed E-state index contributed by atoms with van der Waals surface area (Å²) in [4.78, 5) is 0. The lowest BCUT2D eigenvalue weighted by molar-refractivity contribution is 0.625. The molecule has 0 amide bonds. The Hall–Kier alpha value is -0.600. The quantitative estimate of drug-likeness (QED) is 0.657. The second-order valence-corrected chi connectivity index (χ2v) is 3.08. The summed E-state index contributed by atoms with van der Waals surface area (Å²) in [5.74, 6) is -0.155. The molecule has 1 aliphatic rings. The molecule has 1 atom stereocenters. The molecule has 0 aromatic heterocycles. The van der Waals surface area contributed by atoms with Crippen LogP contribution in [-0.4, -0.2) is 6.04 Å². The summed E-state index contributed by atoms with van der Waals surface area (Å²) in [6.07, 6.45) is 1.72. The molecule has 0 aliphatic heterocycles. The maximum absolute atomic E-state index is 12.6. The van der Waals surface area contributed by atoms with Crippen molar-refractivity contribution in [2.45, 2.75) is 18.9 Å². The smallest absolute Gasteiger partial charge is 0.123 e. The summed E-state index contributed by atoms with van der Waals surface area (Å²) in [6.45, 7) is 0. The molecule has 2 rings (SSSR count). The van der Waals surface area contributed by atoms with E-state index < -0.39 is 0 Å². The van der Waals surface area contributed by atoms with Gasteiger partial charge in [-0.15, -0.1) is 12.4 Å². The van der Waals surface area contributed by atoms with Crippen LogP contribution in [0.2, 0.25) is 0 Å². The largest absolute Gasteiger partial charge is 0.327 e. The van der Waals surface area contributed by atoms with E-state index in [1.807, 2.05) is 6.07 Å². The number of halogens is 2. The van der Waals surface area contributed by atoms with Crippen molar-refractivity contribution in [3.63, 3.8) is 0 Å². The van der Waals surface area contributed by atoms with Gasteiger partial charge in [0.25, 0.3) is 0 Å². The Morgan fingerprint density at radius 3 is 2.67 bits per heavy atom. The molecule has 0 bridgehead atoms. The first kappa shape index (κ1) is 9.49. The van der Waals surface area contributed by atoms with Crippen LogP contribution in [0.4, 0.5) is 4.39 Å². The lowest BCUT2D eigenvalue weighted by Gasteiger charge is -1.95. The summed E-state index contributed by atoms with van der Waals surface area (Å²) in [5.41, 5.74) is 8.00. The molecular formula is C9H11ClFN. The van der Waals surface area contributed by atoms with Crippen molar-refractivity contribution in [3.8, 4) is 0 Å². The van der Waals surface area contributed by atoms with Crippen molar-refractivity contribution >= 4 is 12.4 Å². The fourth-order valence-electron chi connectivity index (χ4n) is 1.62. The molecule has 0 fully saturated rings. The standard InChI is InChI=1S/C9H10FN.ClH/c10-8-2-1-6-4-9(11)5-7(6)3-8;/h1-3,9H,4-5,11H2;1H/t9-;/m1./s1. The minimum atomic E-state index is -0.155. The number of nitrogens with two attached hydrogens (primary N) is 1. The van der Waals surface area contributed by atoms with Crippen LogP contribution in [-0.2, 0) is 12.8 Å². The minimum absolute atomic E-state index is 0. The Morgan fingerprint density at radius 1 is 1.25 bits per heavy atom. The Morgan fingerprint density at radius 2 is 1.92 bits per heavy atom. The number of fused-ring (bicyclic) bond motifs is 1. The summed E-state index contributed by atoms with van der Waals surface area (Å²) in [7, 11) is 0. The molecule has 0 saturated heterocycles. The molecule has 12 heavy (non-hydrogen) atoms. The molecular weight excluding hydrogens is 177 g/mol. The summed E-state index contributed by atoms with van der Waals surface area (Å²) in [5, 5.41) is 0. The van der Waals surface area contributed by atoms with Gasteiger partial charge in [0.15, 0.2) is 0 Å². The van der Waals surface area contributed by atoms with E-state index in [2.05, 4.69) is 0 Å². The molecule has 0 spiro atoms. The minimum Gasteiger partial charge on any atom is -0.327 e. The van der Waals surface area contributed by atoms with Crippen molar-refractivity contribution in [2.75, 3.05) is 0 Å². The van der Waals surface area contributed by atoms with E-state index in [-0.39, 0.29) is 24.3 Å². The first-order chi connectivity index (χ1) is 5.25. The topological polar surface area (TPSA) is 26.0 Å². The van der Waals surface area contributed by atoms with Gasteiger partial charge in [0.1, 0.15) is 5.82 Å². The molecule has 1 aromatic carbocycles. The molecule has 0 heterocycles. The van der Waals surface area contributed by atoms with Gasteiger partial charge in [-0.25, -0.2) is 4.39 Å². The van der Waals surface area contributed by atoms with Gasteiger partial charge in [0.05, 0.1) is 0 Å². The summed E-state index contributed by atoms with van der Waals surface area (Å²) in [6, 6.07) is 5.11. The van der Waals surface area contributed by atoms with Crippen LogP contribution in [0.3, 0.4) is 0 Å². The number of hydrogen-bond acceptors (Lipinski definition) is 1. The second-order valence-electron chi connectivity index (χ2n) is 3.08. The Bertz CT molecular complexity index is 288. The van der Waals surface area contributed by atoms with Gasteiger partial charge >= 0.3 is 0 Å². The van der Waals surface area contributed by atoms with Gasteiger partial charge in [-0.05, 0) is 36.1 Å². The summed E-state index contributed by atoms with van der Waals surface area (Å²) < 4.78 is 12.6. The Balaban J connectivity index is 0.000000720. The third-order valence-corrected chi connectivity index (χ3v) is 2.13. The zero-order chi connectivity index (χ0) is 7.84. The van der Waals surface area contributed by atoms with Gasteiger partial charge in [-0.1, -0.05) is 6.07 Å². The van der Waals surface area contributed by atoms with Crippen LogP contribution in [0.15, 0.2) is 18.2 Å². The van der Waals surface area contributed by atoms with Gasteiger partial charge < -0.3 is 5.73 Å². The van der Waals surface area contributed by atoms with Gasteiger partial charge in [0, 0.05) is 6.04 Å². The molecule has 3 heteroatoms. The fourth-order valence-corrected chi connectivity index (χ4v) is 1.62. The van der Waals surface area contributed by atoms with Crippen molar-refractivity contribution in [1.29, 1.82) is 0 Å². The predicted octanol–water partition coefficient (Wildman–Crippen LogP) is 1.67. The van der Waals surface area contributed by atoms with Gasteiger partial charge in [-0.2, -0.15) is 0 Å². The highest BCUT2D eigenvalue weighted by molar-refractivity contribution is 5.85. The third-order valence-electron chi connectivity index (χ3n) is 2.13. The molecule has 1 aliphatic carbocycles. The van der Waals surface area contributed by atoms with Crippen LogP contribution in [0.25, 0.3) is 0 Å². The zero-order valence-electron chi connectivity index (χ0n) is 6.59. The number of rotatable bonds is 0.